The number of carbonyl (C=O) groups excluding carboxylic acids is 1. The van der Waals surface area contributed by atoms with Crippen LogP contribution in [0.15, 0.2) is 12.1 Å². The predicted molar refractivity (Wildman–Crippen MR) is 106 cm³/mol. The average Bonchev–Trinajstić information content (AvgIpc) is 2.58. The number of rotatable bonds is 3. The molecule has 0 unspecified atom stereocenters. The number of amides is 1. The van der Waals surface area contributed by atoms with Crippen LogP contribution in [0.5, 0.6) is 5.75 Å². The highest BCUT2D eigenvalue weighted by atomic mass is 16.6. The Morgan fingerprint density at radius 1 is 1.21 bits per heavy atom. The van der Waals surface area contributed by atoms with Crippen molar-refractivity contribution >= 4 is 17.5 Å². The van der Waals surface area contributed by atoms with Gasteiger partial charge in [-0.3, -0.25) is 10.1 Å². The van der Waals surface area contributed by atoms with Gasteiger partial charge >= 0.3 is 11.8 Å². The Kier molecular flexibility index (Phi) is 5.16. The summed E-state index contributed by atoms with van der Waals surface area (Å²) in [5.41, 5.74) is 1.55. The molecule has 0 aliphatic carbocycles. The Bertz CT molecular complexity index is 771. The number of nitro groups is 1. The lowest BCUT2D eigenvalue weighted by Gasteiger charge is -2.55. The first-order chi connectivity index (χ1) is 13.0. The summed E-state index contributed by atoms with van der Waals surface area (Å²) in [5, 5.41) is 11.2. The van der Waals surface area contributed by atoms with Gasteiger partial charge in [-0.05, 0) is 46.1 Å². The fraction of sp³-hybridized carbons (Fsp3) is 0.650. The third kappa shape index (κ3) is 4.00. The van der Waals surface area contributed by atoms with Gasteiger partial charge in [0.1, 0.15) is 5.60 Å². The zero-order chi connectivity index (χ0) is 20.7. The predicted octanol–water partition coefficient (Wildman–Crippen LogP) is 3.75. The number of hydrogen-bond donors (Lipinski definition) is 0. The number of piperidine rings is 1. The number of anilines is 1. The van der Waals surface area contributed by atoms with Crippen LogP contribution in [0.2, 0.25) is 0 Å². The SMILES string of the molecule is COc1cc(N2CC3(CCN(C(=O)OC(C)(C)C)CC3)C2)c(C)cc1[N+](=O)[O-]. The Labute approximate surface area is 165 Å². The van der Waals surface area contributed by atoms with Crippen molar-refractivity contribution in [2.24, 2.45) is 5.41 Å². The smallest absolute Gasteiger partial charge is 0.410 e. The molecule has 28 heavy (non-hydrogen) atoms. The van der Waals surface area contributed by atoms with Gasteiger partial charge < -0.3 is 19.3 Å². The highest BCUT2D eigenvalue weighted by Gasteiger charge is 2.46. The number of likely N-dealkylation sites (tertiary alicyclic amines) is 1. The summed E-state index contributed by atoms with van der Waals surface area (Å²) in [5.74, 6) is 0.284. The van der Waals surface area contributed by atoms with Crippen molar-refractivity contribution in [3.05, 3.63) is 27.8 Å². The number of carbonyl (C=O) groups is 1. The van der Waals surface area contributed by atoms with E-state index in [-0.39, 0.29) is 22.9 Å². The molecule has 0 N–H and O–H groups in total. The van der Waals surface area contributed by atoms with E-state index < -0.39 is 10.5 Å². The third-order valence-corrected chi connectivity index (χ3v) is 5.56. The van der Waals surface area contributed by atoms with Gasteiger partial charge in [0.25, 0.3) is 0 Å². The summed E-state index contributed by atoms with van der Waals surface area (Å²) in [6, 6.07) is 3.33. The van der Waals surface area contributed by atoms with E-state index in [0.29, 0.717) is 13.1 Å². The van der Waals surface area contributed by atoms with Crippen LogP contribution in [0.4, 0.5) is 16.2 Å². The normalized spacial score (nSPS) is 18.6. The number of nitrogens with zero attached hydrogens (tertiary/aromatic N) is 3. The number of nitro benzene ring substituents is 1. The molecule has 1 aromatic rings. The van der Waals surface area contributed by atoms with Crippen LogP contribution in [-0.4, -0.2) is 54.8 Å². The summed E-state index contributed by atoms with van der Waals surface area (Å²) < 4.78 is 10.7. The van der Waals surface area contributed by atoms with Crippen molar-refractivity contribution in [2.45, 2.75) is 46.1 Å². The summed E-state index contributed by atoms with van der Waals surface area (Å²) in [7, 11) is 1.45. The molecule has 2 saturated heterocycles. The molecule has 1 aromatic carbocycles. The largest absolute Gasteiger partial charge is 0.490 e. The second kappa shape index (κ2) is 7.14. The first kappa shape index (κ1) is 20.2. The first-order valence-electron chi connectivity index (χ1n) is 9.59. The first-order valence-corrected chi connectivity index (χ1v) is 9.59. The van der Waals surface area contributed by atoms with Crippen LogP contribution in [0.25, 0.3) is 0 Å². The second-order valence-electron chi connectivity index (χ2n) is 8.89. The average molecular weight is 391 g/mol. The van der Waals surface area contributed by atoms with Crippen LogP contribution >= 0.6 is 0 Å². The standard InChI is InChI=1S/C20H29N3O5/c1-14-10-16(23(25)26)17(27-5)11-15(14)22-12-20(13-22)6-8-21(9-7-20)18(24)28-19(2,3)4/h10-11H,6-9,12-13H2,1-5H3. The summed E-state index contributed by atoms with van der Waals surface area (Å²) >= 11 is 0. The van der Waals surface area contributed by atoms with E-state index in [1.54, 1.807) is 17.0 Å². The molecule has 2 aliphatic rings. The van der Waals surface area contributed by atoms with E-state index >= 15 is 0 Å². The van der Waals surface area contributed by atoms with Crippen LogP contribution in [0, 0.1) is 22.5 Å². The van der Waals surface area contributed by atoms with Gasteiger partial charge in [0.2, 0.25) is 0 Å². The van der Waals surface area contributed by atoms with Crippen molar-refractivity contribution in [1.29, 1.82) is 0 Å². The quantitative estimate of drug-likeness (QED) is 0.576. The van der Waals surface area contributed by atoms with Crippen LogP contribution in [-0.2, 0) is 4.74 Å². The molecule has 1 spiro atoms. The molecule has 0 bridgehead atoms. The minimum Gasteiger partial charge on any atom is -0.490 e. The lowest BCUT2D eigenvalue weighted by atomic mass is 9.71. The van der Waals surface area contributed by atoms with Crippen molar-refractivity contribution < 1.29 is 19.2 Å². The molecule has 8 nitrogen and oxygen atoms in total. The molecule has 2 aliphatic heterocycles. The van der Waals surface area contributed by atoms with Gasteiger partial charge in [0, 0.05) is 49.4 Å². The molecule has 2 heterocycles. The van der Waals surface area contributed by atoms with E-state index in [0.717, 1.165) is 37.2 Å². The fourth-order valence-corrected chi connectivity index (χ4v) is 4.05. The minimum atomic E-state index is -0.480. The Hall–Kier alpha value is -2.51. The summed E-state index contributed by atoms with van der Waals surface area (Å²) in [6.45, 7) is 10.7. The van der Waals surface area contributed by atoms with E-state index in [1.165, 1.54) is 7.11 Å². The zero-order valence-corrected chi connectivity index (χ0v) is 17.3. The van der Waals surface area contributed by atoms with Crippen molar-refractivity contribution in [3.63, 3.8) is 0 Å². The van der Waals surface area contributed by atoms with E-state index in [2.05, 4.69) is 4.90 Å². The Morgan fingerprint density at radius 2 is 1.82 bits per heavy atom. The number of benzene rings is 1. The third-order valence-electron chi connectivity index (χ3n) is 5.56. The highest BCUT2D eigenvalue weighted by molar-refractivity contribution is 5.68. The van der Waals surface area contributed by atoms with Gasteiger partial charge in [-0.2, -0.15) is 0 Å². The maximum absolute atomic E-state index is 12.2. The van der Waals surface area contributed by atoms with E-state index in [4.69, 9.17) is 9.47 Å². The molecular weight excluding hydrogens is 362 g/mol. The molecule has 0 radical (unpaired) electrons. The molecular formula is C20H29N3O5. The number of hydrogen-bond acceptors (Lipinski definition) is 6. The molecule has 0 aromatic heterocycles. The van der Waals surface area contributed by atoms with Crippen LogP contribution in [0.1, 0.15) is 39.2 Å². The highest BCUT2D eigenvalue weighted by Crippen LogP contribution is 2.45. The van der Waals surface area contributed by atoms with E-state index in [1.807, 2.05) is 27.7 Å². The van der Waals surface area contributed by atoms with Crippen LogP contribution in [0.3, 0.4) is 0 Å². The van der Waals surface area contributed by atoms with Gasteiger partial charge in [-0.1, -0.05) is 0 Å². The Balaban J connectivity index is 1.62. The van der Waals surface area contributed by atoms with Crippen molar-refractivity contribution in [1.82, 2.24) is 4.90 Å². The lowest BCUT2D eigenvalue weighted by molar-refractivity contribution is -0.385. The van der Waals surface area contributed by atoms with Crippen LogP contribution < -0.4 is 9.64 Å². The molecule has 154 valence electrons. The van der Waals surface area contributed by atoms with Crippen molar-refractivity contribution in [2.75, 3.05) is 38.2 Å². The van der Waals surface area contributed by atoms with Gasteiger partial charge in [-0.15, -0.1) is 0 Å². The maximum Gasteiger partial charge on any atom is 0.410 e. The maximum atomic E-state index is 12.2. The molecule has 1 amide bonds. The summed E-state index contributed by atoms with van der Waals surface area (Å²) in [6.07, 6.45) is 1.63. The zero-order valence-electron chi connectivity index (χ0n) is 17.3. The Morgan fingerprint density at radius 3 is 2.32 bits per heavy atom. The van der Waals surface area contributed by atoms with E-state index in [9.17, 15) is 14.9 Å². The molecule has 2 fully saturated rings. The number of methoxy groups -OCH3 is 1. The number of aryl methyl sites for hydroxylation is 1. The molecule has 3 rings (SSSR count). The monoisotopic (exact) mass is 391 g/mol. The summed E-state index contributed by atoms with van der Waals surface area (Å²) in [4.78, 5) is 27.0. The minimum absolute atomic E-state index is 0.00958. The van der Waals surface area contributed by atoms with Crippen molar-refractivity contribution in [3.8, 4) is 5.75 Å². The topological polar surface area (TPSA) is 85.2 Å². The lowest BCUT2D eigenvalue weighted by Crippen LogP contribution is -2.61. The molecule has 0 saturated carbocycles. The molecule has 8 heteroatoms. The van der Waals surface area contributed by atoms with Gasteiger partial charge in [-0.25, -0.2) is 4.79 Å². The molecule has 0 atom stereocenters. The van der Waals surface area contributed by atoms with Gasteiger partial charge in [0.05, 0.1) is 12.0 Å². The fourth-order valence-electron chi connectivity index (χ4n) is 4.05. The second-order valence-corrected chi connectivity index (χ2v) is 8.89. The number of ether oxygens (including phenoxy) is 2. The van der Waals surface area contributed by atoms with Gasteiger partial charge in [0.15, 0.2) is 5.75 Å².